The molecule has 4 rings (SSSR count). The minimum absolute atomic E-state index is 0.362. The summed E-state index contributed by atoms with van der Waals surface area (Å²) in [6.45, 7) is 6.24. The molecular formula is C23H31N5O. The molecule has 1 aromatic carbocycles. The van der Waals surface area contributed by atoms with E-state index in [1.165, 1.54) is 43.5 Å². The van der Waals surface area contributed by atoms with Crippen molar-refractivity contribution in [3.8, 4) is 6.01 Å². The summed E-state index contributed by atoms with van der Waals surface area (Å²) >= 11 is 0. The number of nitrogens with two attached hydrogens (primary N) is 1. The summed E-state index contributed by atoms with van der Waals surface area (Å²) in [6, 6.07) is 9.31. The third-order valence-corrected chi connectivity index (χ3v) is 5.61. The number of piperidine rings is 1. The number of aromatic nitrogens is 3. The Morgan fingerprint density at radius 2 is 1.83 bits per heavy atom. The van der Waals surface area contributed by atoms with Gasteiger partial charge in [-0.15, -0.1) is 0 Å². The molecule has 1 aliphatic rings. The van der Waals surface area contributed by atoms with Crippen molar-refractivity contribution in [1.29, 1.82) is 0 Å². The summed E-state index contributed by atoms with van der Waals surface area (Å²) < 4.78 is 5.68. The van der Waals surface area contributed by atoms with Crippen molar-refractivity contribution in [1.82, 2.24) is 19.9 Å². The first kappa shape index (κ1) is 19.7. The van der Waals surface area contributed by atoms with Crippen LogP contribution in [0.3, 0.4) is 0 Å². The number of hydrogen-bond donors (Lipinski definition) is 2. The lowest BCUT2D eigenvalue weighted by Crippen LogP contribution is -2.29. The van der Waals surface area contributed by atoms with Gasteiger partial charge in [0.2, 0.25) is 0 Å². The lowest BCUT2D eigenvalue weighted by molar-refractivity contribution is 0.221. The normalized spacial score (nSPS) is 15.1. The molecule has 0 spiro atoms. The van der Waals surface area contributed by atoms with Gasteiger partial charge >= 0.3 is 6.01 Å². The first-order valence-corrected chi connectivity index (χ1v) is 10.8. The second-order valence-electron chi connectivity index (χ2n) is 7.96. The first-order chi connectivity index (χ1) is 14.2. The summed E-state index contributed by atoms with van der Waals surface area (Å²) in [7, 11) is 0. The van der Waals surface area contributed by atoms with Crippen LogP contribution in [0.5, 0.6) is 6.01 Å². The van der Waals surface area contributed by atoms with Gasteiger partial charge in [-0.2, -0.15) is 9.97 Å². The average Bonchev–Trinajstić information content (AvgIpc) is 3.14. The third-order valence-electron chi connectivity index (χ3n) is 5.61. The monoisotopic (exact) mass is 393 g/mol. The molecule has 0 bridgehead atoms. The number of aromatic amines is 1. The summed E-state index contributed by atoms with van der Waals surface area (Å²) in [4.78, 5) is 14.7. The van der Waals surface area contributed by atoms with E-state index in [9.17, 15) is 0 Å². The molecule has 0 unspecified atom stereocenters. The molecule has 0 amide bonds. The van der Waals surface area contributed by atoms with Crippen LogP contribution in [0.4, 0.5) is 5.82 Å². The third kappa shape index (κ3) is 4.88. The zero-order valence-electron chi connectivity index (χ0n) is 17.3. The van der Waals surface area contributed by atoms with E-state index in [4.69, 9.17) is 10.5 Å². The molecule has 0 saturated carbocycles. The summed E-state index contributed by atoms with van der Waals surface area (Å²) in [5.41, 5.74) is 11.5. The van der Waals surface area contributed by atoms with Crippen molar-refractivity contribution in [3.63, 3.8) is 0 Å². The van der Waals surface area contributed by atoms with Crippen molar-refractivity contribution in [2.24, 2.45) is 0 Å². The highest BCUT2D eigenvalue weighted by atomic mass is 16.5. The topological polar surface area (TPSA) is 80.1 Å². The van der Waals surface area contributed by atoms with Crippen molar-refractivity contribution < 1.29 is 4.74 Å². The Bertz CT molecular complexity index is 928. The smallest absolute Gasteiger partial charge is 0.319 e. The number of anilines is 1. The maximum Gasteiger partial charge on any atom is 0.319 e. The molecule has 154 valence electrons. The maximum atomic E-state index is 6.11. The number of benzene rings is 1. The fourth-order valence-electron chi connectivity index (χ4n) is 3.92. The molecule has 6 heteroatoms. The number of ether oxygens (including phenoxy) is 1. The van der Waals surface area contributed by atoms with Gasteiger partial charge in [-0.25, -0.2) is 0 Å². The standard InChI is InChI=1S/C23H31N5O/c1-2-3-13-29-23-26-20-19(15-25-21(20)22(24)27-23)14-17-7-9-18(10-8-17)16-28-11-5-4-6-12-28/h7-10,15,25H,2-6,11-14,16H2,1H3,(H2,24,26,27). The summed E-state index contributed by atoms with van der Waals surface area (Å²) in [5, 5.41) is 0. The van der Waals surface area contributed by atoms with Crippen molar-refractivity contribution in [2.45, 2.75) is 52.0 Å². The Balaban J connectivity index is 1.46. The van der Waals surface area contributed by atoms with E-state index in [1.807, 2.05) is 6.20 Å². The predicted octanol–water partition coefficient (Wildman–Crippen LogP) is 4.30. The number of nitrogens with one attached hydrogen (secondary N) is 1. The lowest BCUT2D eigenvalue weighted by atomic mass is 10.0. The van der Waals surface area contributed by atoms with Gasteiger partial charge in [-0.3, -0.25) is 4.90 Å². The van der Waals surface area contributed by atoms with Gasteiger partial charge in [0, 0.05) is 24.7 Å². The van der Waals surface area contributed by atoms with Crippen LogP contribution in [0.25, 0.3) is 11.0 Å². The highest BCUT2D eigenvalue weighted by Gasteiger charge is 2.13. The largest absolute Gasteiger partial charge is 0.463 e. The van der Waals surface area contributed by atoms with Gasteiger partial charge in [0.25, 0.3) is 0 Å². The second kappa shape index (κ2) is 9.27. The quantitative estimate of drug-likeness (QED) is 0.558. The predicted molar refractivity (Wildman–Crippen MR) is 117 cm³/mol. The number of nitrogens with zero attached hydrogens (tertiary/aromatic N) is 3. The molecule has 29 heavy (non-hydrogen) atoms. The first-order valence-electron chi connectivity index (χ1n) is 10.8. The van der Waals surface area contributed by atoms with E-state index >= 15 is 0 Å². The van der Waals surface area contributed by atoms with E-state index in [-0.39, 0.29) is 0 Å². The number of rotatable bonds is 8. The van der Waals surface area contributed by atoms with Crippen LogP contribution in [0.15, 0.2) is 30.5 Å². The van der Waals surface area contributed by atoms with Crippen molar-refractivity contribution >= 4 is 16.9 Å². The van der Waals surface area contributed by atoms with E-state index in [1.54, 1.807) is 0 Å². The van der Waals surface area contributed by atoms with Crippen molar-refractivity contribution in [2.75, 3.05) is 25.4 Å². The zero-order chi connectivity index (χ0) is 20.1. The Morgan fingerprint density at radius 1 is 1.07 bits per heavy atom. The summed E-state index contributed by atoms with van der Waals surface area (Å²) in [6.07, 6.45) is 8.86. The van der Waals surface area contributed by atoms with Gasteiger partial charge in [0.15, 0.2) is 5.82 Å². The van der Waals surface area contributed by atoms with Gasteiger partial charge in [0.05, 0.1) is 6.61 Å². The molecule has 0 aliphatic carbocycles. The zero-order valence-corrected chi connectivity index (χ0v) is 17.3. The number of unbranched alkanes of at least 4 members (excludes halogenated alkanes) is 1. The minimum atomic E-state index is 0.362. The number of H-pyrrole nitrogens is 1. The Hall–Kier alpha value is -2.60. The molecule has 0 atom stereocenters. The van der Waals surface area contributed by atoms with Crippen LogP contribution < -0.4 is 10.5 Å². The van der Waals surface area contributed by atoms with Crippen LogP contribution in [-0.4, -0.2) is 39.5 Å². The number of likely N-dealkylation sites (tertiary alicyclic amines) is 1. The fraction of sp³-hybridized carbons (Fsp3) is 0.478. The molecule has 1 aliphatic heterocycles. The Morgan fingerprint density at radius 3 is 2.59 bits per heavy atom. The minimum Gasteiger partial charge on any atom is -0.463 e. The molecular weight excluding hydrogens is 362 g/mol. The van der Waals surface area contributed by atoms with Gasteiger partial charge < -0.3 is 15.5 Å². The van der Waals surface area contributed by atoms with Gasteiger partial charge in [-0.1, -0.05) is 44.0 Å². The van der Waals surface area contributed by atoms with Crippen LogP contribution >= 0.6 is 0 Å². The van der Waals surface area contributed by atoms with Crippen LogP contribution in [0.2, 0.25) is 0 Å². The number of hydrogen-bond acceptors (Lipinski definition) is 5. The molecule has 2 aromatic heterocycles. The number of fused-ring (bicyclic) bond motifs is 1. The van der Waals surface area contributed by atoms with Crippen LogP contribution in [-0.2, 0) is 13.0 Å². The van der Waals surface area contributed by atoms with Crippen LogP contribution in [0, 0.1) is 0 Å². The number of nitrogen functional groups attached to an aromatic ring is 1. The van der Waals surface area contributed by atoms with E-state index in [2.05, 4.69) is 51.0 Å². The van der Waals surface area contributed by atoms with Crippen molar-refractivity contribution in [3.05, 3.63) is 47.2 Å². The summed E-state index contributed by atoms with van der Waals surface area (Å²) in [5.74, 6) is 0.435. The molecule has 1 saturated heterocycles. The lowest BCUT2D eigenvalue weighted by Gasteiger charge is -2.26. The molecule has 1 fully saturated rings. The molecule has 3 heterocycles. The van der Waals surface area contributed by atoms with E-state index in [0.29, 0.717) is 18.4 Å². The fourth-order valence-corrected chi connectivity index (χ4v) is 3.92. The molecule has 0 radical (unpaired) electrons. The van der Waals surface area contributed by atoms with Gasteiger partial charge in [0.1, 0.15) is 11.0 Å². The highest BCUT2D eigenvalue weighted by molar-refractivity contribution is 5.87. The Labute approximate surface area is 172 Å². The SMILES string of the molecule is CCCCOc1nc(N)c2[nH]cc(Cc3ccc(CN4CCCCC4)cc3)c2n1. The van der Waals surface area contributed by atoms with E-state index in [0.717, 1.165) is 42.4 Å². The average molecular weight is 394 g/mol. The van der Waals surface area contributed by atoms with E-state index < -0.39 is 0 Å². The van der Waals surface area contributed by atoms with Gasteiger partial charge in [-0.05, 0) is 43.5 Å². The Kier molecular flexibility index (Phi) is 6.30. The molecule has 3 aromatic rings. The second-order valence-corrected chi connectivity index (χ2v) is 7.96. The van der Waals surface area contributed by atoms with Crippen LogP contribution in [0.1, 0.15) is 55.7 Å². The highest BCUT2D eigenvalue weighted by Crippen LogP contribution is 2.25. The maximum absolute atomic E-state index is 6.11. The molecule has 3 N–H and O–H groups in total. The molecule has 6 nitrogen and oxygen atoms in total.